The number of carbonyl (C=O) groups excluding carboxylic acids is 1. The molecule has 1 aromatic carbocycles. The molecule has 0 aromatic heterocycles. The third-order valence-corrected chi connectivity index (χ3v) is 3.87. The highest BCUT2D eigenvalue weighted by atomic mass is 35.6. The lowest BCUT2D eigenvalue weighted by Crippen LogP contribution is -2.54. The molecule has 2 atom stereocenters. The number of amides is 1. The van der Waals surface area contributed by atoms with Crippen molar-refractivity contribution in [1.29, 1.82) is 0 Å². The van der Waals surface area contributed by atoms with Crippen molar-refractivity contribution in [2.45, 2.75) is 28.9 Å². The van der Waals surface area contributed by atoms with Crippen LogP contribution in [0, 0.1) is 0 Å². The first kappa shape index (κ1) is 16.8. The lowest BCUT2D eigenvalue weighted by Gasteiger charge is -2.27. The van der Waals surface area contributed by atoms with Crippen LogP contribution in [0.2, 0.25) is 0 Å². The van der Waals surface area contributed by atoms with E-state index in [4.69, 9.17) is 39.5 Å². The standard InChI is InChI=1S/C14H17Cl3N2O2/c15-14(16,17)13(18-9-11-7-4-8-21-11)19-12(20)10-5-2-1-3-6-10/h1-3,5-6,11,13,18H,4,7-9H2,(H,19,20)/t11-,13-/m0/s1. The Balaban J connectivity index is 1.94. The fraction of sp³-hybridized carbons (Fsp3) is 0.500. The third kappa shape index (κ3) is 5.31. The Kier molecular flexibility index (Phi) is 6.14. The topological polar surface area (TPSA) is 50.4 Å². The van der Waals surface area contributed by atoms with Crippen molar-refractivity contribution >= 4 is 40.7 Å². The van der Waals surface area contributed by atoms with E-state index in [9.17, 15) is 4.79 Å². The average Bonchev–Trinajstić information content (AvgIpc) is 2.96. The van der Waals surface area contributed by atoms with E-state index in [0.29, 0.717) is 12.1 Å². The van der Waals surface area contributed by atoms with Gasteiger partial charge in [0.2, 0.25) is 3.79 Å². The van der Waals surface area contributed by atoms with Gasteiger partial charge in [0.15, 0.2) is 0 Å². The van der Waals surface area contributed by atoms with Crippen molar-refractivity contribution in [2.75, 3.05) is 13.2 Å². The van der Waals surface area contributed by atoms with Gasteiger partial charge in [-0.2, -0.15) is 0 Å². The quantitative estimate of drug-likeness (QED) is 0.633. The van der Waals surface area contributed by atoms with Crippen LogP contribution in [0.15, 0.2) is 30.3 Å². The number of nitrogens with one attached hydrogen (secondary N) is 2. The van der Waals surface area contributed by atoms with Crippen LogP contribution >= 0.6 is 34.8 Å². The fourth-order valence-corrected chi connectivity index (χ4v) is 2.50. The summed E-state index contributed by atoms with van der Waals surface area (Å²) in [5.41, 5.74) is 0.510. The van der Waals surface area contributed by atoms with Gasteiger partial charge in [0.05, 0.1) is 6.10 Å². The monoisotopic (exact) mass is 350 g/mol. The Morgan fingerprint density at radius 1 is 1.33 bits per heavy atom. The summed E-state index contributed by atoms with van der Waals surface area (Å²) in [7, 11) is 0. The van der Waals surface area contributed by atoms with E-state index in [-0.39, 0.29) is 12.0 Å². The largest absolute Gasteiger partial charge is 0.377 e. The van der Waals surface area contributed by atoms with Crippen molar-refractivity contribution < 1.29 is 9.53 Å². The minimum absolute atomic E-state index is 0.0912. The SMILES string of the molecule is O=C(N[C@H](NC[C@@H]1CCCO1)C(Cl)(Cl)Cl)c1ccccc1. The summed E-state index contributed by atoms with van der Waals surface area (Å²) in [6.45, 7) is 1.27. The van der Waals surface area contributed by atoms with Crippen molar-refractivity contribution in [1.82, 2.24) is 10.6 Å². The van der Waals surface area contributed by atoms with E-state index in [1.807, 2.05) is 6.07 Å². The average molecular weight is 352 g/mol. The molecule has 1 amide bonds. The van der Waals surface area contributed by atoms with Crippen LogP contribution in [0.4, 0.5) is 0 Å². The summed E-state index contributed by atoms with van der Waals surface area (Å²) < 4.78 is 3.85. The van der Waals surface area contributed by atoms with E-state index < -0.39 is 9.96 Å². The molecular formula is C14H17Cl3N2O2. The molecule has 0 unspecified atom stereocenters. The highest BCUT2D eigenvalue weighted by Crippen LogP contribution is 2.29. The second-order valence-corrected chi connectivity index (χ2v) is 7.23. The van der Waals surface area contributed by atoms with Gasteiger partial charge in [-0.1, -0.05) is 53.0 Å². The van der Waals surface area contributed by atoms with Crippen molar-refractivity contribution in [2.24, 2.45) is 0 Å². The van der Waals surface area contributed by atoms with Crippen molar-refractivity contribution in [3.05, 3.63) is 35.9 Å². The minimum Gasteiger partial charge on any atom is -0.377 e. The first-order valence-corrected chi connectivity index (χ1v) is 7.88. The normalized spacial score (nSPS) is 20.2. The number of rotatable bonds is 5. The maximum absolute atomic E-state index is 12.1. The summed E-state index contributed by atoms with van der Waals surface area (Å²) in [6.07, 6.45) is 1.29. The second-order valence-electron chi connectivity index (χ2n) is 4.86. The van der Waals surface area contributed by atoms with Gasteiger partial charge in [-0.3, -0.25) is 10.1 Å². The maximum Gasteiger partial charge on any atom is 0.252 e. The highest BCUT2D eigenvalue weighted by molar-refractivity contribution is 6.68. The molecule has 116 valence electrons. The Morgan fingerprint density at radius 3 is 2.62 bits per heavy atom. The van der Waals surface area contributed by atoms with E-state index in [0.717, 1.165) is 19.4 Å². The van der Waals surface area contributed by atoms with Crippen LogP contribution in [-0.2, 0) is 4.74 Å². The molecule has 1 aliphatic heterocycles. The summed E-state index contributed by atoms with van der Waals surface area (Å²) in [5.74, 6) is -0.299. The molecule has 1 fully saturated rings. The zero-order valence-corrected chi connectivity index (χ0v) is 13.6. The number of halogens is 3. The van der Waals surface area contributed by atoms with Crippen LogP contribution in [0.3, 0.4) is 0 Å². The van der Waals surface area contributed by atoms with Gasteiger partial charge in [-0.25, -0.2) is 0 Å². The third-order valence-electron chi connectivity index (χ3n) is 3.21. The number of hydrogen-bond donors (Lipinski definition) is 2. The Bertz CT molecular complexity index is 459. The van der Waals surface area contributed by atoms with Gasteiger partial charge >= 0.3 is 0 Å². The maximum atomic E-state index is 12.1. The molecule has 2 rings (SSSR count). The van der Waals surface area contributed by atoms with Gasteiger partial charge in [0.1, 0.15) is 6.17 Å². The van der Waals surface area contributed by atoms with Gasteiger partial charge in [-0.05, 0) is 25.0 Å². The van der Waals surface area contributed by atoms with Crippen molar-refractivity contribution in [3.63, 3.8) is 0 Å². The summed E-state index contributed by atoms with van der Waals surface area (Å²) >= 11 is 17.8. The first-order valence-electron chi connectivity index (χ1n) is 6.74. The van der Waals surface area contributed by atoms with E-state index in [1.54, 1.807) is 24.3 Å². The molecule has 0 radical (unpaired) electrons. The molecule has 0 saturated carbocycles. The Labute approximate surface area is 139 Å². The predicted octanol–water partition coefficient (Wildman–Crippen LogP) is 2.88. The molecule has 0 spiro atoms. The second kappa shape index (κ2) is 7.65. The summed E-state index contributed by atoms with van der Waals surface area (Å²) in [6, 6.07) is 8.78. The van der Waals surface area contributed by atoms with E-state index >= 15 is 0 Å². The number of carbonyl (C=O) groups is 1. The molecule has 1 heterocycles. The molecule has 4 nitrogen and oxygen atoms in total. The molecule has 2 N–H and O–H groups in total. The number of alkyl halides is 3. The Hall–Kier alpha value is -0.520. The molecule has 1 aromatic rings. The molecule has 0 bridgehead atoms. The zero-order chi connectivity index (χ0) is 15.3. The summed E-state index contributed by atoms with van der Waals surface area (Å²) in [4.78, 5) is 12.1. The van der Waals surface area contributed by atoms with E-state index in [1.165, 1.54) is 0 Å². The number of ether oxygens (including phenoxy) is 1. The van der Waals surface area contributed by atoms with Crippen LogP contribution < -0.4 is 10.6 Å². The molecular weight excluding hydrogens is 335 g/mol. The van der Waals surface area contributed by atoms with Gasteiger partial charge in [0, 0.05) is 18.7 Å². The smallest absolute Gasteiger partial charge is 0.252 e. The molecule has 21 heavy (non-hydrogen) atoms. The lowest BCUT2D eigenvalue weighted by atomic mass is 10.2. The van der Waals surface area contributed by atoms with Crippen molar-refractivity contribution in [3.8, 4) is 0 Å². The first-order chi connectivity index (χ1) is 9.97. The van der Waals surface area contributed by atoms with Gasteiger partial charge in [-0.15, -0.1) is 0 Å². The number of hydrogen-bond acceptors (Lipinski definition) is 3. The van der Waals surface area contributed by atoms with Crippen LogP contribution in [0.1, 0.15) is 23.2 Å². The molecule has 0 aliphatic carbocycles. The van der Waals surface area contributed by atoms with Crippen LogP contribution in [0.25, 0.3) is 0 Å². The van der Waals surface area contributed by atoms with Gasteiger partial charge < -0.3 is 10.1 Å². The molecule has 7 heteroatoms. The van der Waals surface area contributed by atoms with E-state index in [2.05, 4.69) is 10.6 Å². The number of benzene rings is 1. The molecule has 1 aliphatic rings. The van der Waals surface area contributed by atoms with Crippen LogP contribution in [-0.4, -0.2) is 35.1 Å². The predicted molar refractivity (Wildman–Crippen MR) is 85.0 cm³/mol. The lowest BCUT2D eigenvalue weighted by molar-refractivity contribution is 0.0897. The molecule has 1 saturated heterocycles. The minimum atomic E-state index is -1.65. The highest BCUT2D eigenvalue weighted by Gasteiger charge is 2.34. The van der Waals surface area contributed by atoms with Crippen LogP contribution in [0.5, 0.6) is 0 Å². The zero-order valence-electron chi connectivity index (χ0n) is 11.3. The fourth-order valence-electron chi connectivity index (χ4n) is 2.11. The Morgan fingerprint density at radius 2 is 2.05 bits per heavy atom. The van der Waals surface area contributed by atoms with Gasteiger partial charge in [0.25, 0.3) is 5.91 Å². The summed E-state index contributed by atoms with van der Waals surface area (Å²) in [5, 5.41) is 5.75.